The predicted molar refractivity (Wildman–Crippen MR) is 86.7 cm³/mol. The van der Waals surface area contributed by atoms with Crippen molar-refractivity contribution in [3.05, 3.63) is 16.0 Å². The molecular formula is C15H17NO4S2. The number of fused-ring (bicyclic) bond motifs is 1. The van der Waals surface area contributed by atoms with Gasteiger partial charge in [-0.2, -0.15) is 0 Å². The van der Waals surface area contributed by atoms with Crippen LogP contribution in [0.3, 0.4) is 0 Å². The van der Waals surface area contributed by atoms with E-state index in [2.05, 4.69) is 0 Å². The van der Waals surface area contributed by atoms with E-state index in [9.17, 15) is 14.4 Å². The molecule has 118 valence electrons. The van der Waals surface area contributed by atoms with E-state index in [0.29, 0.717) is 23.5 Å². The quantitative estimate of drug-likeness (QED) is 0.791. The second-order valence-electron chi connectivity index (χ2n) is 5.47. The van der Waals surface area contributed by atoms with Crippen LogP contribution in [0.2, 0.25) is 0 Å². The number of esters is 1. The molecule has 2 aliphatic rings. The number of hydrogen-bond acceptors (Lipinski definition) is 6. The Bertz CT molecular complexity index is 652. The molecule has 1 unspecified atom stereocenters. The van der Waals surface area contributed by atoms with Crippen LogP contribution >= 0.6 is 23.1 Å². The average Bonchev–Trinajstić information content (AvgIpc) is 3.10. The van der Waals surface area contributed by atoms with E-state index in [-0.39, 0.29) is 22.2 Å². The Hall–Kier alpha value is -1.34. The third-order valence-corrected chi connectivity index (χ3v) is 6.26. The third kappa shape index (κ3) is 2.67. The second kappa shape index (κ2) is 6.04. The lowest BCUT2D eigenvalue weighted by atomic mass is 10.1. The van der Waals surface area contributed by atoms with Crippen molar-refractivity contribution in [2.45, 2.75) is 37.9 Å². The molecule has 1 amide bonds. The van der Waals surface area contributed by atoms with E-state index in [1.165, 1.54) is 42.0 Å². The first kappa shape index (κ1) is 15.6. The normalized spacial score (nSPS) is 20.4. The molecule has 1 aliphatic carbocycles. The molecule has 1 aliphatic heterocycles. The van der Waals surface area contributed by atoms with Crippen molar-refractivity contribution in [2.24, 2.45) is 0 Å². The van der Waals surface area contributed by atoms with Crippen LogP contribution in [0.5, 0.6) is 0 Å². The number of aryl methyl sites for hydroxylation is 1. The standard InChI is InChI=1S/C15H17NO4S2/c1-8(17)21-9-6-12(18)16(7-9)14-13(15(19)20-2)10-4-3-5-11(10)22-14/h9H,3-7H2,1-2H3. The molecule has 0 saturated carbocycles. The number of thiophene rings is 1. The fraction of sp³-hybridized carbons (Fsp3) is 0.533. The minimum atomic E-state index is -0.370. The van der Waals surface area contributed by atoms with E-state index >= 15 is 0 Å². The van der Waals surface area contributed by atoms with E-state index in [1.807, 2.05) is 0 Å². The maximum Gasteiger partial charge on any atom is 0.341 e. The highest BCUT2D eigenvalue weighted by Gasteiger charge is 2.37. The van der Waals surface area contributed by atoms with Crippen LogP contribution in [0.1, 0.15) is 40.6 Å². The van der Waals surface area contributed by atoms with Crippen LogP contribution in [0.25, 0.3) is 0 Å². The van der Waals surface area contributed by atoms with Gasteiger partial charge >= 0.3 is 5.97 Å². The highest BCUT2D eigenvalue weighted by atomic mass is 32.2. The van der Waals surface area contributed by atoms with Gasteiger partial charge in [0.25, 0.3) is 0 Å². The van der Waals surface area contributed by atoms with Gasteiger partial charge in [0, 0.05) is 30.0 Å². The van der Waals surface area contributed by atoms with Crippen LogP contribution in [0, 0.1) is 0 Å². The Morgan fingerprint density at radius 1 is 1.36 bits per heavy atom. The molecule has 0 radical (unpaired) electrons. The van der Waals surface area contributed by atoms with Gasteiger partial charge in [0.2, 0.25) is 5.91 Å². The number of carbonyl (C=O) groups excluding carboxylic acids is 3. The third-order valence-electron chi connectivity index (χ3n) is 3.96. The van der Waals surface area contributed by atoms with Gasteiger partial charge in [-0.05, 0) is 24.8 Å². The summed E-state index contributed by atoms with van der Waals surface area (Å²) in [5, 5.41) is 0.683. The molecule has 1 aromatic heterocycles. The van der Waals surface area contributed by atoms with Crippen molar-refractivity contribution in [1.29, 1.82) is 0 Å². The minimum Gasteiger partial charge on any atom is -0.465 e. The summed E-state index contributed by atoms with van der Waals surface area (Å²) < 4.78 is 4.92. The molecule has 0 spiro atoms. The zero-order valence-corrected chi connectivity index (χ0v) is 14.1. The van der Waals surface area contributed by atoms with Gasteiger partial charge in [0.05, 0.1) is 12.7 Å². The van der Waals surface area contributed by atoms with Crippen LogP contribution < -0.4 is 4.90 Å². The van der Waals surface area contributed by atoms with Crippen molar-refractivity contribution < 1.29 is 19.1 Å². The van der Waals surface area contributed by atoms with Crippen LogP contribution in [-0.2, 0) is 27.2 Å². The summed E-state index contributed by atoms with van der Waals surface area (Å²) in [5.74, 6) is -0.395. The molecule has 2 heterocycles. The monoisotopic (exact) mass is 339 g/mol. The molecule has 1 saturated heterocycles. The molecule has 0 bridgehead atoms. The number of thioether (sulfide) groups is 1. The zero-order chi connectivity index (χ0) is 15.9. The van der Waals surface area contributed by atoms with Gasteiger partial charge in [0.15, 0.2) is 5.12 Å². The van der Waals surface area contributed by atoms with Crippen LogP contribution in [0.4, 0.5) is 5.00 Å². The van der Waals surface area contributed by atoms with Crippen LogP contribution in [-0.4, -0.2) is 35.9 Å². The molecular weight excluding hydrogens is 322 g/mol. The summed E-state index contributed by atoms with van der Waals surface area (Å²) >= 11 is 2.73. The summed E-state index contributed by atoms with van der Waals surface area (Å²) in [7, 11) is 1.37. The summed E-state index contributed by atoms with van der Waals surface area (Å²) in [6, 6.07) is 0. The van der Waals surface area contributed by atoms with Crippen LogP contribution in [0.15, 0.2) is 0 Å². The second-order valence-corrected chi connectivity index (χ2v) is 8.03. The van der Waals surface area contributed by atoms with E-state index in [0.717, 1.165) is 24.8 Å². The smallest absolute Gasteiger partial charge is 0.341 e. The first-order valence-electron chi connectivity index (χ1n) is 7.21. The number of nitrogens with zero attached hydrogens (tertiary/aromatic N) is 1. The van der Waals surface area contributed by atoms with Crippen molar-refractivity contribution >= 4 is 45.1 Å². The Morgan fingerprint density at radius 2 is 2.14 bits per heavy atom. The van der Waals surface area contributed by atoms with Gasteiger partial charge in [-0.3, -0.25) is 9.59 Å². The predicted octanol–water partition coefficient (Wildman–Crippen LogP) is 2.41. The SMILES string of the molecule is COC(=O)c1c(N2CC(SC(C)=O)CC2=O)sc2c1CCC2. The lowest BCUT2D eigenvalue weighted by molar-refractivity contribution is -0.117. The number of amides is 1. The topological polar surface area (TPSA) is 63.7 Å². The summed E-state index contributed by atoms with van der Waals surface area (Å²) in [6.07, 6.45) is 3.21. The number of hydrogen-bond donors (Lipinski definition) is 0. The van der Waals surface area contributed by atoms with E-state index < -0.39 is 0 Å². The maximum absolute atomic E-state index is 12.3. The van der Waals surface area contributed by atoms with Crippen molar-refractivity contribution in [3.63, 3.8) is 0 Å². The lowest BCUT2D eigenvalue weighted by Crippen LogP contribution is -2.26. The highest BCUT2D eigenvalue weighted by molar-refractivity contribution is 8.14. The average molecular weight is 339 g/mol. The van der Waals surface area contributed by atoms with Gasteiger partial charge in [0.1, 0.15) is 5.00 Å². The summed E-state index contributed by atoms with van der Waals surface area (Å²) in [5.41, 5.74) is 1.60. The first-order chi connectivity index (χ1) is 10.5. The fourth-order valence-corrected chi connectivity index (χ4v) is 5.40. The molecule has 22 heavy (non-hydrogen) atoms. The fourth-order valence-electron chi connectivity index (χ4n) is 3.08. The number of carbonyl (C=O) groups is 3. The van der Waals surface area contributed by atoms with Gasteiger partial charge in [-0.25, -0.2) is 4.79 Å². The first-order valence-corrected chi connectivity index (χ1v) is 8.91. The number of methoxy groups -OCH3 is 1. The maximum atomic E-state index is 12.3. The number of ether oxygens (including phenoxy) is 1. The largest absolute Gasteiger partial charge is 0.465 e. The lowest BCUT2D eigenvalue weighted by Gasteiger charge is -2.16. The molecule has 7 heteroatoms. The Balaban J connectivity index is 1.93. The molecule has 3 rings (SSSR count). The molecule has 0 aromatic carbocycles. The van der Waals surface area contributed by atoms with Crippen molar-refractivity contribution in [3.8, 4) is 0 Å². The number of rotatable bonds is 3. The molecule has 1 fully saturated rings. The van der Waals surface area contributed by atoms with Gasteiger partial charge < -0.3 is 9.64 Å². The number of anilines is 1. The van der Waals surface area contributed by atoms with Gasteiger partial charge in [-0.15, -0.1) is 11.3 Å². The Kier molecular flexibility index (Phi) is 4.27. The molecule has 1 atom stereocenters. The van der Waals surface area contributed by atoms with Crippen molar-refractivity contribution in [2.75, 3.05) is 18.6 Å². The van der Waals surface area contributed by atoms with E-state index in [4.69, 9.17) is 4.74 Å². The van der Waals surface area contributed by atoms with Crippen molar-refractivity contribution in [1.82, 2.24) is 0 Å². The summed E-state index contributed by atoms with van der Waals surface area (Å²) in [4.78, 5) is 38.6. The minimum absolute atomic E-state index is 0.0153. The molecule has 1 aromatic rings. The zero-order valence-electron chi connectivity index (χ0n) is 12.5. The Morgan fingerprint density at radius 3 is 2.82 bits per heavy atom. The molecule has 0 N–H and O–H groups in total. The van der Waals surface area contributed by atoms with E-state index in [1.54, 1.807) is 4.90 Å². The highest BCUT2D eigenvalue weighted by Crippen LogP contribution is 2.43. The summed E-state index contributed by atoms with van der Waals surface area (Å²) in [6.45, 7) is 1.99. The Labute approximate surface area is 137 Å². The molecule has 5 nitrogen and oxygen atoms in total. The van der Waals surface area contributed by atoms with Gasteiger partial charge in [-0.1, -0.05) is 11.8 Å².